The molecule has 0 aliphatic carbocycles. The molecular formula is C22H27NO3. The van der Waals surface area contributed by atoms with Crippen molar-refractivity contribution in [3.05, 3.63) is 65.7 Å². The van der Waals surface area contributed by atoms with Crippen LogP contribution >= 0.6 is 0 Å². The molecule has 2 aromatic rings. The Kier molecular flexibility index (Phi) is 7.39. The minimum Gasteiger partial charge on any atom is -0.481 e. The lowest BCUT2D eigenvalue weighted by molar-refractivity contribution is -0.127. The molecule has 0 saturated heterocycles. The molecule has 0 unspecified atom stereocenters. The summed E-state index contributed by atoms with van der Waals surface area (Å²) in [5.74, 6) is 0.809. The second-order valence-corrected chi connectivity index (χ2v) is 6.32. The van der Waals surface area contributed by atoms with Crippen LogP contribution in [0, 0.1) is 0 Å². The van der Waals surface area contributed by atoms with Gasteiger partial charge in [0.1, 0.15) is 5.75 Å². The fourth-order valence-electron chi connectivity index (χ4n) is 2.77. The normalized spacial score (nSPS) is 12.9. The standard InChI is InChI=1S/C22H27NO3/c1-4-17(18-9-7-6-8-10-18)15-23-22(25)16(3)26-20-13-11-19(12-14-20)21(24)5-2/h6-14,16-17H,4-5,15H2,1-3H3,(H,23,25)/t16-,17-/m0/s1. The van der Waals surface area contributed by atoms with E-state index in [0.29, 0.717) is 24.3 Å². The number of rotatable bonds is 9. The Labute approximate surface area is 155 Å². The maximum Gasteiger partial charge on any atom is 0.260 e. The van der Waals surface area contributed by atoms with Gasteiger partial charge in [0.15, 0.2) is 11.9 Å². The van der Waals surface area contributed by atoms with E-state index in [4.69, 9.17) is 4.74 Å². The summed E-state index contributed by atoms with van der Waals surface area (Å²) in [5.41, 5.74) is 1.88. The predicted octanol–water partition coefficient (Wildman–Crippen LogP) is 4.36. The highest BCUT2D eigenvalue weighted by molar-refractivity contribution is 5.95. The van der Waals surface area contributed by atoms with E-state index in [9.17, 15) is 9.59 Å². The average molecular weight is 353 g/mol. The molecule has 0 heterocycles. The highest BCUT2D eigenvalue weighted by atomic mass is 16.5. The van der Waals surface area contributed by atoms with Crippen LogP contribution in [0.2, 0.25) is 0 Å². The molecule has 0 aliphatic rings. The van der Waals surface area contributed by atoms with Crippen molar-refractivity contribution in [2.75, 3.05) is 6.54 Å². The van der Waals surface area contributed by atoms with E-state index < -0.39 is 6.10 Å². The number of Topliss-reactive ketones (excluding diaryl/α,β-unsaturated/α-hetero) is 1. The van der Waals surface area contributed by atoms with Gasteiger partial charge in [0.25, 0.3) is 5.91 Å². The monoisotopic (exact) mass is 353 g/mol. The van der Waals surface area contributed by atoms with Gasteiger partial charge in [-0.05, 0) is 43.2 Å². The molecule has 0 fully saturated rings. The van der Waals surface area contributed by atoms with Crippen molar-refractivity contribution < 1.29 is 14.3 Å². The van der Waals surface area contributed by atoms with Crippen LogP contribution in [-0.4, -0.2) is 24.3 Å². The van der Waals surface area contributed by atoms with Gasteiger partial charge in [-0.1, -0.05) is 44.2 Å². The lowest BCUT2D eigenvalue weighted by Gasteiger charge is -2.19. The summed E-state index contributed by atoms with van der Waals surface area (Å²) in [6.45, 7) is 6.25. The number of carbonyl (C=O) groups excluding carboxylic acids is 2. The molecule has 1 amide bonds. The zero-order valence-corrected chi connectivity index (χ0v) is 15.7. The molecule has 1 N–H and O–H groups in total. The molecule has 2 atom stereocenters. The van der Waals surface area contributed by atoms with Crippen molar-refractivity contribution in [2.24, 2.45) is 0 Å². The summed E-state index contributed by atoms with van der Waals surface area (Å²) in [5, 5.41) is 2.97. The summed E-state index contributed by atoms with van der Waals surface area (Å²) in [6.07, 6.45) is 0.821. The number of hydrogen-bond acceptors (Lipinski definition) is 3. The van der Waals surface area contributed by atoms with Crippen LogP contribution in [0.15, 0.2) is 54.6 Å². The molecule has 0 bridgehead atoms. The Morgan fingerprint density at radius 1 is 1.00 bits per heavy atom. The molecule has 0 aliphatic heterocycles. The molecule has 0 radical (unpaired) electrons. The Morgan fingerprint density at radius 3 is 2.23 bits per heavy atom. The molecule has 2 rings (SSSR count). The number of benzene rings is 2. The second kappa shape index (κ2) is 9.76. The third kappa shape index (κ3) is 5.45. The van der Waals surface area contributed by atoms with Crippen LogP contribution in [0.4, 0.5) is 0 Å². The summed E-state index contributed by atoms with van der Waals surface area (Å²) < 4.78 is 5.69. The lowest BCUT2D eigenvalue weighted by Crippen LogP contribution is -2.38. The van der Waals surface area contributed by atoms with Crippen LogP contribution in [-0.2, 0) is 4.79 Å². The second-order valence-electron chi connectivity index (χ2n) is 6.32. The number of ketones is 1. The Balaban J connectivity index is 1.88. The lowest BCUT2D eigenvalue weighted by atomic mass is 9.96. The van der Waals surface area contributed by atoms with Gasteiger partial charge in [-0.2, -0.15) is 0 Å². The summed E-state index contributed by atoms with van der Waals surface area (Å²) in [7, 11) is 0. The van der Waals surface area contributed by atoms with Crippen LogP contribution in [0.25, 0.3) is 0 Å². The minimum atomic E-state index is -0.601. The summed E-state index contributed by atoms with van der Waals surface area (Å²) in [6, 6.07) is 17.1. The number of nitrogens with one attached hydrogen (secondary N) is 1. The van der Waals surface area contributed by atoms with E-state index in [-0.39, 0.29) is 17.6 Å². The zero-order valence-electron chi connectivity index (χ0n) is 15.7. The van der Waals surface area contributed by atoms with E-state index >= 15 is 0 Å². The third-order valence-electron chi connectivity index (χ3n) is 4.47. The van der Waals surface area contributed by atoms with Gasteiger partial charge < -0.3 is 10.1 Å². The largest absolute Gasteiger partial charge is 0.481 e. The molecule has 138 valence electrons. The van der Waals surface area contributed by atoms with Crippen molar-refractivity contribution in [1.82, 2.24) is 5.32 Å². The predicted molar refractivity (Wildman–Crippen MR) is 104 cm³/mol. The van der Waals surface area contributed by atoms with E-state index in [0.717, 1.165) is 6.42 Å². The SMILES string of the molecule is CCC(=O)c1ccc(O[C@@H](C)C(=O)NC[C@H](CC)c2ccccc2)cc1. The maximum atomic E-state index is 12.3. The smallest absolute Gasteiger partial charge is 0.260 e. The molecule has 4 heteroatoms. The highest BCUT2D eigenvalue weighted by Crippen LogP contribution is 2.18. The van der Waals surface area contributed by atoms with E-state index in [1.807, 2.05) is 25.1 Å². The Morgan fingerprint density at radius 2 is 1.65 bits per heavy atom. The van der Waals surface area contributed by atoms with Crippen LogP contribution in [0.5, 0.6) is 5.75 Å². The summed E-state index contributed by atoms with van der Waals surface area (Å²) >= 11 is 0. The molecule has 0 saturated carbocycles. The van der Waals surface area contributed by atoms with Crippen molar-refractivity contribution >= 4 is 11.7 Å². The first-order chi connectivity index (χ1) is 12.5. The fraction of sp³-hybridized carbons (Fsp3) is 0.364. The van der Waals surface area contributed by atoms with Gasteiger partial charge in [0.2, 0.25) is 0 Å². The highest BCUT2D eigenvalue weighted by Gasteiger charge is 2.17. The zero-order chi connectivity index (χ0) is 18.9. The number of hydrogen-bond donors (Lipinski definition) is 1. The van der Waals surface area contributed by atoms with Crippen molar-refractivity contribution in [3.8, 4) is 5.75 Å². The van der Waals surface area contributed by atoms with Gasteiger partial charge in [-0.3, -0.25) is 9.59 Å². The quantitative estimate of drug-likeness (QED) is 0.682. The first kappa shape index (κ1) is 19.7. The first-order valence-corrected chi connectivity index (χ1v) is 9.17. The van der Waals surface area contributed by atoms with E-state index in [1.165, 1.54) is 5.56 Å². The molecular weight excluding hydrogens is 326 g/mol. The van der Waals surface area contributed by atoms with Gasteiger partial charge in [-0.15, -0.1) is 0 Å². The van der Waals surface area contributed by atoms with Crippen molar-refractivity contribution in [2.45, 2.75) is 45.6 Å². The Bertz CT molecular complexity index is 710. The third-order valence-corrected chi connectivity index (χ3v) is 4.47. The molecule has 4 nitrogen and oxygen atoms in total. The average Bonchev–Trinajstić information content (AvgIpc) is 2.69. The first-order valence-electron chi connectivity index (χ1n) is 9.17. The van der Waals surface area contributed by atoms with Crippen LogP contribution in [0.3, 0.4) is 0 Å². The fourth-order valence-corrected chi connectivity index (χ4v) is 2.77. The number of ether oxygens (including phenoxy) is 1. The number of carbonyl (C=O) groups is 2. The van der Waals surface area contributed by atoms with E-state index in [1.54, 1.807) is 31.2 Å². The van der Waals surface area contributed by atoms with Crippen LogP contribution in [0.1, 0.15) is 55.5 Å². The topological polar surface area (TPSA) is 55.4 Å². The van der Waals surface area contributed by atoms with Gasteiger partial charge >= 0.3 is 0 Å². The van der Waals surface area contributed by atoms with Crippen LogP contribution < -0.4 is 10.1 Å². The maximum absolute atomic E-state index is 12.3. The van der Waals surface area contributed by atoms with Gasteiger partial charge in [-0.25, -0.2) is 0 Å². The molecule has 26 heavy (non-hydrogen) atoms. The molecule has 0 aromatic heterocycles. The summed E-state index contributed by atoms with van der Waals surface area (Å²) in [4.78, 5) is 24.0. The molecule has 0 spiro atoms. The van der Waals surface area contributed by atoms with Gasteiger partial charge in [0.05, 0.1) is 0 Å². The molecule has 2 aromatic carbocycles. The van der Waals surface area contributed by atoms with E-state index in [2.05, 4.69) is 24.4 Å². The van der Waals surface area contributed by atoms with Crippen molar-refractivity contribution in [1.29, 1.82) is 0 Å². The minimum absolute atomic E-state index is 0.0915. The Hall–Kier alpha value is -2.62. The number of amides is 1. The van der Waals surface area contributed by atoms with Gasteiger partial charge in [0, 0.05) is 24.4 Å². The van der Waals surface area contributed by atoms with Crippen molar-refractivity contribution in [3.63, 3.8) is 0 Å².